The summed E-state index contributed by atoms with van der Waals surface area (Å²) in [5.41, 5.74) is 1.17. The van der Waals surface area contributed by atoms with Crippen LogP contribution in [0.3, 0.4) is 0 Å². The number of ether oxygens (including phenoxy) is 4. The number of rotatable bonds is 5. The molecule has 0 aromatic heterocycles. The smallest absolute Gasteiger partial charge is 0.172 e. The van der Waals surface area contributed by atoms with Crippen molar-refractivity contribution in [3.63, 3.8) is 0 Å². The highest BCUT2D eigenvalue weighted by Gasteiger charge is 2.52. The monoisotopic (exact) mass is 404 g/mol. The lowest BCUT2D eigenvalue weighted by Crippen LogP contribution is -2.31. The minimum atomic E-state index is -0.205. The van der Waals surface area contributed by atoms with Gasteiger partial charge in [-0.25, -0.2) is 0 Å². The molecule has 2 heterocycles. The van der Waals surface area contributed by atoms with E-state index in [0.29, 0.717) is 13.2 Å². The Bertz CT molecular complexity index is 453. The average molecular weight is 404 g/mol. The minimum absolute atomic E-state index is 0.0202. The van der Waals surface area contributed by atoms with Crippen LogP contribution in [-0.4, -0.2) is 41.2 Å². The molecule has 4 nitrogen and oxygen atoms in total. The molecule has 0 spiro atoms. The van der Waals surface area contributed by atoms with Gasteiger partial charge < -0.3 is 18.9 Å². The summed E-state index contributed by atoms with van der Waals surface area (Å²) in [5.74, 6) is 0. The normalized spacial score (nSPS) is 35.3. The van der Waals surface area contributed by atoms with Crippen molar-refractivity contribution >= 4 is 22.6 Å². The maximum atomic E-state index is 6.03. The van der Waals surface area contributed by atoms with E-state index in [1.807, 2.05) is 32.0 Å². The summed E-state index contributed by atoms with van der Waals surface area (Å²) in [4.78, 5) is 0. The van der Waals surface area contributed by atoms with Gasteiger partial charge in [0.2, 0.25) is 0 Å². The summed E-state index contributed by atoms with van der Waals surface area (Å²) in [5, 5.41) is 0. The number of hydrogen-bond acceptors (Lipinski definition) is 4. The lowest BCUT2D eigenvalue weighted by molar-refractivity contribution is -0.171. The van der Waals surface area contributed by atoms with Crippen LogP contribution in [0.1, 0.15) is 19.4 Å². The highest BCUT2D eigenvalue weighted by molar-refractivity contribution is 14.1. The third kappa shape index (κ3) is 3.59. The van der Waals surface area contributed by atoms with E-state index in [-0.39, 0.29) is 34.6 Å². The Hall–Kier alpha value is -0.210. The Kier molecular flexibility index (Phi) is 5.16. The van der Waals surface area contributed by atoms with Crippen molar-refractivity contribution in [1.82, 2.24) is 0 Å². The lowest BCUT2D eigenvalue weighted by atomic mass is 10.1. The van der Waals surface area contributed by atoms with Crippen LogP contribution in [0.25, 0.3) is 0 Å². The van der Waals surface area contributed by atoms with Crippen LogP contribution in [0.5, 0.6) is 0 Å². The quantitative estimate of drug-likeness (QED) is 0.559. The van der Waals surface area contributed by atoms with Crippen LogP contribution < -0.4 is 0 Å². The van der Waals surface area contributed by atoms with Gasteiger partial charge >= 0.3 is 0 Å². The molecule has 0 amide bonds. The lowest BCUT2D eigenvalue weighted by Gasteiger charge is -2.21. The van der Waals surface area contributed by atoms with E-state index in [1.165, 1.54) is 5.56 Å². The standard InChI is InChI=1S/C16H21IO4/c1-10(2)20-16-13(17)15-14(21-16)12(9-19-15)18-8-11-6-4-3-5-7-11/h3-7,10,12-16H,8-9H2,1-2H3/t12-,13-,14-,15-,16-/m1/s1. The Labute approximate surface area is 139 Å². The van der Waals surface area contributed by atoms with Gasteiger partial charge in [-0.2, -0.15) is 0 Å². The van der Waals surface area contributed by atoms with Crippen molar-refractivity contribution in [1.29, 1.82) is 0 Å². The molecule has 1 aromatic carbocycles. The number of hydrogen-bond donors (Lipinski definition) is 0. The molecule has 2 aliphatic heterocycles. The second-order valence-electron chi connectivity index (χ2n) is 5.73. The zero-order valence-corrected chi connectivity index (χ0v) is 14.4. The number of fused-ring (bicyclic) bond motifs is 1. The van der Waals surface area contributed by atoms with Gasteiger partial charge in [-0.05, 0) is 19.4 Å². The van der Waals surface area contributed by atoms with Crippen LogP contribution in [0, 0.1) is 0 Å². The van der Waals surface area contributed by atoms with Gasteiger partial charge in [0.15, 0.2) is 6.29 Å². The van der Waals surface area contributed by atoms with Crippen LogP contribution in [-0.2, 0) is 25.6 Å². The summed E-state index contributed by atoms with van der Waals surface area (Å²) >= 11 is 2.36. The van der Waals surface area contributed by atoms with E-state index >= 15 is 0 Å². The molecule has 2 saturated heterocycles. The average Bonchev–Trinajstić information content (AvgIpc) is 2.99. The van der Waals surface area contributed by atoms with Gasteiger partial charge in [0.25, 0.3) is 0 Å². The summed E-state index contributed by atoms with van der Waals surface area (Å²) in [6, 6.07) is 10.2. The minimum Gasteiger partial charge on any atom is -0.371 e. The third-order valence-corrected chi connectivity index (χ3v) is 5.02. The van der Waals surface area contributed by atoms with E-state index in [9.17, 15) is 0 Å². The van der Waals surface area contributed by atoms with Crippen molar-refractivity contribution in [3.8, 4) is 0 Å². The Morgan fingerprint density at radius 3 is 2.71 bits per heavy atom. The number of alkyl halides is 1. The molecule has 0 radical (unpaired) electrons. The number of halogens is 1. The topological polar surface area (TPSA) is 36.9 Å². The first kappa shape index (κ1) is 15.7. The largest absolute Gasteiger partial charge is 0.371 e. The summed E-state index contributed by atoms with van der Waals surface area (Å²) < 4.78 is 23.9. The highest BCUT2D eigenvalue weighted by Crippen LogP contribution is 2.38. The first-order chi connectivity index (χ1) is 10.1. The summed E-state index contributed by atoms with van der Waals surface area (Å²) in [6.07, 6.45) is -0.0405. The van der Waals surface area contributed by atoms with E-state index in [1.54, 1.807) is 0 Å². The summed E-state index contributed by atoms with van der Waals surface area (Å²) in [6.45, 7) is 5.22. The first-order valence-corrected chi connectivity index (χ1v) is 8.62. The zero-order chi connectivity index (χ0) is 14.8. The molecular weight excluding hydrogens is 383 g/mol. The molecular formula is C16H21IO4. The van der Waals surface area contributed by atoms with E-state index in [2.05, 4.69) is 34.7 Å². The molecule has 21 heavy (non-hydrogen) atoms. The molecule has 0 aliphatic carbocycles. The number of benzene rings is 1. The van der Waals surface area contributed by atoms with Crippen LogP contribution in [0.15, 0.2) is 30.3 Å². The van der Waals surface area contributed by atoms with Crippen molar-refractivity contribution in [2.45, 2.75) is 55.1 Å². The van der Waals surface area contributed by atoms with Crippen molar-refractivity contribution in [2.75, 3.05) is 6.61 Å². The molecule has 0 saturated carbocycles. The molecule has 0 N–H and O–H groups in total. The molecule has 3 rings (SSSR count). The van der Waals surface area contributed by atoms with E-state index in [4.69, 9.17) is 18.9 Å². The van der Waals surface area contributed by atoms with Gasteiger partial charge in [0, 0.05) is 0 Å². The summed E-state index contributed by atoms with van der Waals surface area (Å²) in [7, 11) is 0. The van der Waals surface area contributed by atoms with Crippen molar-refractivity contribution < 1.29 is 18.9 Å². The third-order valence-electron chi connectivity index (χ3n) is 3.72. The highest BCUT2D eigenvalue weighted by atomic mass is 127. The fourth-order valence-corrected chi connectivity index (χ4v) is 3.68. The van der Waals surface area contributed by atoms with Gasteiger partial charge in [-0.1, -0.05) is 52.9 Å². The molecule has 1 aromatic rings. The molecule has 116 valence electrons. The maximum Gasteiger partial charge on any atom is 0.172 e. The van der Waals surface area contributed by atoms with Crippen molar-refractivity contribution in [2.24, 2.45) is 0 Å². The predicted octanol–water partition coefficient (Wildman–Crippen LogP) is 2.92. The molecule has 0 unspecified atom stereocenters. The van der Waals surface area contributed by atoms with Gasteiger partial charge in [-0.15, -0.1) is 0 Å². The van der Waals surface area contributed by atoms with Crippen molar-refractivity contribution in [3.05, 3.63) is 35.9 Å². The second-order valence-corrected chi connectivity index (χ2v) is 7.17. The SMILES string of the molecule is CC(C)O[C@@H]1O[C@H]2[C@H](OC[C@H]2OCc2ccccc2)[C@H]1I. The second kappa shape index (κ2) is 6.91. The molecule has 5 atom stereocenters. The Morgan fingerprint density at radius 1 is 1.24 bits per heavy atom. The van der Waals surface area contributed by atoms with Crippen LogP contribution >= 0.6 is 22.6 Å². The first-order valence-electron chi connectivity index (χ1n) is 7.37. The van der Waals surface area contributed by atoms with Gasteiger partial charge in [-0.3, -0.25) is 0 Å². The molecule has 0 bridgehead atoms. The predicted molar refractivity (Wildman–Crippen MR) is 87.4 cm³/mol. The Balaban J connectivity index is 1.57. The molecule has 5 heteroatoms. The zero-order valence-electron chi connectivity index (χ0n) is 12.3. The van der Waals surface area contributed by atoms with E-state index in [0.717, 1.165) is 0 Å². The fourth-order valence-electron chi connectivity index (χ4n) is 2.73. The van der Waals surface area contributed by atoms with Crippen LogP contribution in [0.2, 0.25) is 0 Å². The Morgan fingerprint density at radius 2 is 2.00 bits per heavy atom. The van der Waals surface area contributed by atoms with E-state index < -0.39 is 0 Å². The van der Waals surface area contributed by atoms with Gasteiger partial charge in [0.1, 0.15) is 18.3 Å². The fraction of sp³-hybridized carbons (Fsp3) is 0.625. The molecule has 2 aliphatic rings. The van der Waals surface area contributed by atoms with Gasteiger partial charge in [0.05, 0.1) is 23.2 Å². The molecule has 2 fully saturated rings. The van der Waals surface area contributed by atoms with Crippen LogP contribution in [0.4, 0.5) is 0 Å². The maximum absolute atomic E-state index is 6.03.